The molecule has 31 heavy (non-hydrogen) atoms. The molecule has 3 aromatic rings. The minimum Gasteiger partial charge on any atom is -0.379 e. The zero-order valence-corrected chi connectivity index (χ0v) is 17.1. The second-order valence-corrected chi connectivity index (χ2v) is 8.65. The predicted molar refractivity (Wildman–Crippen MR) is 108 cm³/mol. The summed E-state index contributed by atoms with van der Waals surface area (Å²) in [5, 5.41) is 14.2. The Bertz CT molecular complexity index is 1180. The molecule has 1 N–H and O–H groups in total. The molecule has 1 aromatic heterocycles. The van der Waals surface area contributed by atoms with Crippen LogP contribution < -0.4 is 5.32 Å². The maximum atomic E-state index is 13.8. The molecule has 0 atom stereocenters. The van der Waals surface area contributed by atoms with Gasteiger partial charge in [-0.3, -0.25) is 4.79 Å². The maximum absolute atomic E-state index is 13.8. The van der Waals surface area contributed by atoms with E-state index in [-0.39, 0.29) is 22.8 Å². The van der Waals surface area contributed by atoms with Crippen molar-refractivity contribution in [3.63, 3.8) is 0 Å². The third-order valence-electron chi connectivity index (χ3n) is 4.60. The molecule has 1 fully saturated rings. The van der Waals surface area contributed by atoms with Crippen molar-refractivity contribution in [2.24, 2.45) is 0 Å². The minimum atomic E-state index is -3.61. The number of nitrogens with zero attached hydrogens (tertiary/aromatic N) is 5. The lowest BCUT2D eigenvalue weighted by Crippen LogP contribution is -2.40. The zero-order valence-electron chi connectivity index (χ0n) is 16.3. The van der Waals surface area contributed by atoms with Crippen LogP contribution in [0, 0.1) is 5.82 Å². The van der Waals surface area contributed by atoms with Gasteiger partial charge in [-0.05, 0) is 41.6 Å². The molecule has 0 radical (unpaired) electrons. The highest BCUT2D eigenvalue weighted by Crippen LogP contribution is 2.20. The molecule has 0 spiro atoms. The Kier molecular flexibility index (Phi) is 6.02. The summed E-state index contributed by atoms with van der Waals surface area (Å²) in [5.74, 6) is -0.858. The Morgan fingerprint density at radius 1 is 1.10 bits per heavy atom. The van der Waals surface area contributed by atoms with Gasteiger partial charge in [0.1, 0.15) is 12.4 Å². The van der Waals surface area contributed by atoms with Gasteiger partial charge < -0.3 is 10.1 Å². The molecular formula is C19H19FN6O4S. The van der Waals surface area contributed by atoms with Crippen molar-refractivity contribution in [2.75, 3.05) is 31.6 Å². The number of morpholine rings is 1. The second kappa shape index (κ2) is 8.88. The molecule has 1 aliphatic rings. The van der Waals surface area contributed by atoms with Gasteiger partial charge in [-0.15, -0.1) is 10.2 Å². The smallest absolute Gasteiger partial charge is 0.248 e. The van der Waals surface area contributed by atoms with Gasteiger partial charge in [-0.2, -0.15) is 9.10 Å². The first-order valence-electron chi connectivity index (χ1n) is 9.44. The summed E-state index contributed by atoms with van der Waals surface area (Å²) in [6.45, 7) is 1.10. The van der Waals surface area contributed by atoms with Crippen molar-refractivity contribution in [2.45, 2.75) is 11.4 Å². The molecule has 2 aromatic carbocycles. The quantitative estimate of drug-likeness (QED) is 0.603. The third-order valence-corrected chi connectivity index (χ3v) is 6.51. The van der Waals surface area contributed by atoms with Crippen LogP contribution in [0.3, 0.4) is 0 Å². The van der Waals surface area contributed by atoms with E-state index in [9.17, 15) is 17.6 Å². The topological polar surface area (TPSA) is 119 Å². The monoisotopic (exact) mass is 446 g/mol. The zero-order chi connectivity index (χ0) is 21.8. The van der Waals surface area contributed by atoms with E-state index in [1.165, 1.54) is 40.7 Å². The highest BCUT2D eigenvalue weighted by atomic mass is 32.2. The first-order valence-corrected chi connectivity index (χ1v) is 10.9. The number of benzene rings is 2. The average molecular weight is 446 g/mol. The molecule has 1 aliphatic heterocycles. The highest BCUT2D eigenvalue weighted by molar-refractivity contribution is 7.89. The Balaban J connectivity index is 1.39. The SMILES string of the molecule is O=C(Cn1nnc(-c2ccccc2F)n1)Nc1ccc(S(=O)(=O)N2CCOCC2)cc1. The van der Waals surface area contributed by atoms with E-state index in [1.54, 1.807) is 12.1 Å². The number of rotatable bonds is 6. The first kappa shape index (κ1) is 21.0. The Hall–Kier alpha value is -3.22. The van der Waals surface area contributed by atoms with Crippen LogP contribution in [-0.4, -0.2) is 65.1 Å². The van der Waals surface area contributed by atoms with Crippen molar-refractivity contribution in [1.29, 1.82) is 0 Å². The largest absolute Gasteiger partial charge is 0.379 e. The molecule has 4 rings (SSSR count). The number of sulfonamides is 1. The van der Waals surface area contributed by atoms with Gasteiger partial charge in [-0.25, -0.2) is 12.8 Å². The number of nitrogens with one attached hydrogen (secondary N) is 1. The molecule has 1 amide bonds. The van der Waals surface area contributed by atoms with Crippen molar-refractivity contribution in [1.82, 2.24) is 24.5 Å². The van der Waals surface area contributed by atoms with E-state index in [2.05, 4.69) is 20.7 Å². The van der Waals surface area contributed by atoms with E-state index in [0.717, 1.165) is 4.80 Å². The van der Waals surface area contributed by atoms with Gasteiger partial charge in [-0.1, -0.05) is 12.1 Å². The molecule has 2 heterocycles. The first-order chi connectivity index (χ1) is 14.9. The van der Waals surface area contributed by atoms with Gasteiger partial charge in [0.25, 0.3) is 0 Å². The van der Waals surface area contributed by atoms with Crippen molar-refractivity contribution in [3.8, 4) is 11.4 Å². The van der Waals surface area contributed by atoms with E-state index < -0.39 is 21.7 Å². The van der Waals surface area contributed by atoms with Crippen LogP contribution >= 0.6 is 0 Å². The fraction of sp³-hybridized carbons (Fsp3) is 0.263. The molecule has 0 unspecified atom stereocenters. The number of ether oxygens (including phenoxy) is 1. The van der Waals surface area contributed by atoms with Crippen LogP contribution in [-0.2, 0) is 26.1 Å². The molecule has 0 bridgehead atoms. The number of halogens is 1. The summed E-state index contributed by atoms with van der Waals surface area (Å²) >= 11 is 0. The highest BCUT2D eigenvalue weighted by Gasteiger charge is 2.26. The number of tetrazole rings is 1. The Morgan fingerprint density at radius 3 is 2.52 bits per heavy atom. The average Bonchev–Trinajstić information content (AvgIpc) is 3.23. The number of anilines is 1. The Labute approximate surface area is 177 Å². The lowest BCUT2D eigenvalue weighted by atomic mass is 10.2. The molecule has 1 saturated heterocycles. The van der Waals surface area contributed by atoms with Crippen LogP contribution in [0.1, 0.15) is 0 Å². The summed E-state index contributed by atoms with van der Waals surface area (Å²) in [6, 6.07) is 11.9. The Morgan fingerprint density at radius 2 is 1.81 bits per heavy atom. The fourth-order valence-electron chi connectivity index (χ4n) is 3.04. The summed E-state index contributed by atoms with van der Waals surface area (Å²) in [5.41, 5.74) is 0.603. The van der Waals surface area contributed by atoms with Crippen molar-refractivity contribution in [3.05, 3.63) is 54.3 Å². The molecule has 0 saturated carbocycles. The summed E-state index contributed by atoms with van der Waals surface area (Å²) in [4.78, 5) is 13.5. The van der Waals surface area contributed by atoms with E-state index in [1.807, 2.05) is 0 Å². The van der Waals surface area contributed by atoms with Crippen molar-refractivity contribution >= 4 is 21.6 Å². The number of amides is 1. The van der Waals surface area contributed by atoms with Gasteiger partial charge >= 0.3 is 0 Å². The molecule has 10 nitrogen and oxygen atoms in total. The number of hydrogen-bond acceptors (Lipinski definition) is 7. The number of carbonyl (C=O) groups is 1. The second-order valence-electron chi connectivity index (χ2n) is 6.71. The minimum absolute atomic E-state index is 0.0728. The third kappa shape index (κ3) is 4.76. The number of aromatic nitrogens is 4. The van der Waals surface area contributed by atoms with Gasteiger partial charge in [0, 0.05) is 18.8 Å². The lowest BCUT2D eigenvalue weighted by Gasteiger charge is -2.26. The van der Waals surface area contributed by atoms with Gasteiger partial charge in [0.2, 0.25) is 21.8 Å². The normalized spacial score (nSPS) is 15.0. The summed E-state index contributed by atoms with van der Waals surface area (Å²) < 4.78 is 45.6. The maximum Gasteiger partial charge on any atom is 0.248 e. The summed E-state index contributed by atoms with van der Waals surface area (Å²) in [6.07, 6.45) is 0. The van der Waals surface area contributed by atoms with E-state index in [0.29, 0.717) is 32.0 Å². The number of hydrogen-bond donors (Lipinski definition) is 1. The van der Waals surface area contributed by atoms with Crippen LogP contribution in [0.25, 0.3) is 11.4 Å². The number of carbonyl (C=O) groups excluding carboxylic acids is 1. The van der Waals surface area contributed by atoms with Crippen LogP contribution in [0.2, 0.25) is 0 Å². The lowest BCUT2D eigenvalue weighted by molar-refractivity contribution is -0.117. The molecule has 162 valence electrons. The van der Waals surface area contributed by atoms with E-state index in [4.69, 9.17) is 4.74 Å². The van der Waals surface area contributed by atoms with Gasteiger partial charge in [0.05, 0.1) is 23.7 Å². The fourth-order valence-corrected chi connectivity index (χ4v) is 4.44. The molecular weight excluding hydrogens is 427 g/mol. The predicted octanol–water partition coefficient (Wildman–Crippen LogP) is 1.14. The molecule has 0 aliphatic carbocycles. The molecule has 12 heteroatoms. The van der Waals surface area contributed by atoms with Crippen molar-refractivity contribution < 1.29 is 22.3 Å². The van der Waals surface area contributed by atoms with Crippen LogP contribution in [0.5, 0.6) is 0 Å². The van der Waals surface area contributed by atoms with Crippen LogP contribution in [0.15, 0.2) is 53.4 Å². The van der Waals surface area contributed by atoms with Crippen LogP contribution in [0.4, 0.5) is 10.1 Å². The van der Waals surface area contributed by atoms with E-state index >= 15 is 0 Å². The van der Waals surface area contributed by atoms with Gasteiger partial charge in [0.15, 0.2) is 0 Å². The summed E-state index contributed by atoms with van der Waals surface area (Å²) in [7, 11) is -3.61. The standard InChI is InChI=1S/C19H19FN6O4S/c20-17-4-2-1-3-16(17)19-22-24-26(23-19)13-18(27)21-14-5-7-15(8-6-14)31(28,29)25-9-11-30-12-10-25/h1-8H,9-13H2,(H,21,27).